The van der Waals surface area contributed by atoms with Gasteiger partial charge in [0.1, 0.15) is 0 Å². The fraction of sp³-hybridized carbons (Fsp3) is 1.00. The Balaban J connectivity index is 1.88. The third-order valence-electron chi connectivity index (χ3n) is 4.28. The van der Waals surface area contributed by atoms with Crippen LogP contribution in [-0.2, 0) is 10.2 Å². The lowest BCUT2D eigenvalue weighted by Gasteiger charge is -2.35. The van der Waals surface area contributed by atoms with E-state index in [1.807, 2.05) is 11.8 Å². The Labute approximate surface area is 133 Å². The first-order valence-corrected chi connectivity index (χ1v) is 10.7. The van der Waals surface area contributed by atoms with E-state index in [2.05, 4.69) is 17.0 Å². The van der Waals surface area contributed by atoms with Gasteiger partial charge < -0.3 is 5.32 Å². The molecule has 0 radical (unpaired) electrons. The van der Waals surface area contributed by atoms with Crippen LogP contribution in [-0.4, -0.2) is 55.9 Å². The summed E-state index contributed by atoms with van der Waals surface area (Å²) in [7, 11) is -3.33. The topological polar surface area (TPSA) is 61.4 Å². The number of hydrogen-bond donors (Lipinski definition) is 2. The van der Waals surface area contributed by atoms with Crippen molar-refractivity contribution in [2.75, 3.05) is 31.9 Å². The molecule has 5 nitrogen and oxygen atoms in total. The van der Waals surface area contributed by atoms with Crippen LogP contribution < -0.4 is 10.0 Å². The van der Waals surface area contributed by atoms with Gasteiger partial charge in [0.2, 0.25) is 0 Å². The van der Waals surface area contributed by atoms with Crippen molar-refractivity contribution in [3.63, 3.8) is 0 Å². The lowest BCUT2D eigenvalue weighted by Crippen LogP contribution is -2.53. The molecule has 0 aromatic rings. The van der Waals surface area contributed by atoms with Gasteiger partial charge in [-0.1, -0.05) is 19.8 Å². The maximum absolute atomic E-state index is 12.6. The normalized spacial score (nSPS) is 28.6. The summed E-state index contributed by atoms with van der Waals surface area (Å²) in [6.45, 7) is 4.94. The Hall–Kier alpha value is 0.180. The highest BCUT2D eigenvalue weighted by Gasteiger charge is 2.32. The van der Waals surface area contributed by atoms with Crippen LogP contribution >= 0.6 is 11.8 Å². The summed E-state index contributed by atoms with van der Waals surface area (Å²) in [5.41, 5.74) is 0. The fourth-order valence-corrected chi connectivity index (χ4v) is 5.92. The second kappa shape index (κ2) is 8.72. The van der Waals surface area contributed by atoms with Crippen LogP contribution in [0.5, 0.6) is 0 Å². The standard InChI is InChI=1S/C14H29N3O2S2/c1-2-15-11-13-7-3-5-9-17(13)21(18,19)16-12-14-8-4-6-10-20-14/h13-16H,2-12H2,1H3. The molecule has 0 spiro atoms. The molecule has 2 rings (SSSR count). The second-order valence-corrected chi connectivity index (χ2v) is 9.03. The summed E-state index contributed by atoms with van der Waals surface area (Å²) < 4.78 is 29.7. The Morgan fingerprint density at radius 1 is 1.14 bits per heavy atom. The number of hydrogen-bond acceptors (Lipinski definition) is 4. The van der Waals surface area contributed by atoms with Gasteiger partial charge in [0.25, 0.3) is 10.2 Å². The predicted octanol–water partition coefficient (Wildman–Crippen LogP) is 1.57. The van der Waals surface area contributed by atoms with Gasteiger partial charge in [-0.2, -0.15) is 24.5 Å². The van der Waals surface area contributed by atoms with Crippen LogP contribution in [0.1, 0.15) is 45.4 Å². The molecule has 0 aromatic carbocycles. The molecule has 124 valence electrons. The summed E-state index contributed by atoms with van der Waals surface area (Å²) in [6.07, 6.45) is 6.69. The van der Waals surface area contributed by atoms with Crippen molar-refractivity contribution < 1.29 is 8.42 Å². The average molecular weight is 336 g/mol. The van der Waals surface area contributed by atoms with E-state index in [9.17, 15) is 8.42 Å². The minimum atomic E-state index is -3.33. The van der Waals surface area contributed by atoms with Gasteiger partial charge in [-0.15, -0.1) is 0 Å². The summed E-state index contributed by atoms with van der Waals surface area (Å²) in [5, 5.41) is 3.74. The van der Waals surface area contributed by atoms with Crippen LogP contribution in [0.3, 0.4) is 0 Å². The average Bonchev–Trinajstić information content (AvgIpc) is 2.52. The lowest BCUT2D eigenvalue weighted by atomic mass is 10.1. The van der Waals surface area contributed by atoms with E-state index >= 15 is 0 Å². The third-order valence-corrected chi connectivity index (χ3v) is 7.31. The summed E-state index contributed by atoms with van der Waals surface area (Å²) in [4.78, 5) is 0. The SMILES string of the molecule is CCNCC1CCCCN1S(=O)(=O)NCC1CCCCS1. The van der Waals surface area contributed by atoms with E-state index in [0.29, 0.717) is 18.3 Å². The molecule has 2 heterocycles. The predicted molar refractivity (Wildman–Crippen MR) is 89.9 cm³/mol. The van der Waals surface area contributed by atoms with E-state index in [-0.39, 0.29) is 6.04 Å². The van der Waals surface area contributed by atoms with Crippen molar-refractivity contribution in [1.29, 1.82) is 0 Å². The zero-order valence-electron chi connectivity index (χ0n) is 13.0. The first-order chi connectivity index (χ1) is 10.1. The van der Waals surface area contributed by atoms with Gasteiger partial charge in [-0.05, 0) is 38.0 Å². The van der Waals surface area contributed by atoms with Gasteiger partial charge in [-0.25, -0.2) is 4.72 Å². The largest absolute Gasteiger partial charge is 0.315 e. The zero-order valence-corrected chi connectivity index (χ0v) is 14.6. The maximum Gasteiger partial charge on any atom is 0.279 e. The molecule has 0 saturated carbocycles. The Bertz CT molecular complexity index is 397. The Kier molecular flexibility index (Phi) is 7.28. The first-order valence-electron chi connectivity index (χ1n) is 8.22. The van der Waals surface area contributed by atoms with Crippen molar-refractivity contribution in [3.05, 3.63) is 0 Å². The lowest BCUT2D eigenvalue weighted by molar-refractivity contribution is 0.244. The molecule has 2 fully saturated rings. The molecule has 2 saturated heterocycles. The third kappa shape index (κ3) is 5.39. The quantitative estimate of drug-likeness (QED) is 0.741. The van der Waals surface area contributed by atoms with Crippen LogP contribution in [0, 0.1) is 0 Å². The van der Waals surface area contributed by atoms with Gasteiger partial charge in [0, 0.05) is 30.9 Å². The zero-order chi connectivity index (χ0) is 15.1. The highest BCUT2D eigenvalue weighted by molar-refractivity contribution is 8.00. The Morgan fingerprint density at radius 2 is 1.95 bits per heavy atom. The fourth-order valence-electron chi connectivity index (χ4n) is 3.05. The number of thioether (sulfide) groups is 1. The molecule has 7 heteroatoms. The molecule has 2 aliphatic rings. The minimum absolute atomic E-state index is 0.107. The number of nitrogens with zero attached hydrogens (tertiary/aromatic N) is 1. The summed E-state index contributed by atoms with van der Waals surface area (Å²) in [6, 6.07) is 0.107. The second-order valence-electron chi connectivity index (χ2n) is 5.91. The number of piperidine rings is 1. The molecule has 0 amide bonds. The molecule has 2 N–H and O–H groups in total. The van der Waals surface area contributed by atoms with Gasteiger partial charge in [0.15, 0.2) is 0 Å². The molecule has 2 unspecified atom stereocenters. The van der Waals surface area contributed by atoms with Crippen molar-refractivity contribution >= 4 is 22.0 Å². The van der Waals surface area contributed by atoms with Crippen LogP contribution in [0.4, 0.5) is 0 Å². The highest BCUT2D eigenvalue weighted by atomic mass is 32.2. The van der Waals surface area contributed by atoms with E-state index in [4.69, 9.17) is 0 Å². The number of likely N-dealkylation sites (N-methyl/N-ethyl adjacent to an activating group) is 1. The summed E-state index contributed by atoms with van der Waals surface area (Å²) in [5.74, 6) is 1.17. The Morgan fingerprint density at radius 3 is 2.67 bits per heavy atom. The van der Waals surface area contributed by atoms with Gasteiger partial charge in [0.05, 0.1) is 0 Å². The van der Waals surface area contributed by atoms with Crippen LogP contribution in [0.25, 0.3) is 0 Å². The minimum Gasteiger partial charge on any atom is -0.315 e. The monoisotopic (exact) mass is 335 g/mol. The number of nitrogens with one attached hydrogen (secondary N) is 2. The smallest absolute Gasteiger partial charge is 0.279 e. The molecule has 21 heavy (non-hydrogen) atoms. The van der Waals surface area contributed by atoms with E-state index in [1.54, 1.807) is 4.31 Å². The molecule has 0 bridgehead atoms. The van der Waals surface area contributed by atoms with Crippen LogP contribution in [0.2, 0.25) is 0 Å². The molecule has 0 aromatic heterocycles. The van der Waals surface area contributed by atoms with Crippen molar-refractivity contribution in [1.82, 2.24) is 14.3 Å². The van der Waals surface area contributed by atoms with Gasteiger partial charge in [-0.3, -0.25) is 0 Å². The van der Waals surface area contributed by atoms with Gasteiger partial charge >= 0.3 is 0 Å². The maximum atomic E-state index is 12.6. The number of rotatable bonds is 7. The molecular formula is C14H29N3O2S2. The van der Waals surface area contributed by atoms with E-state index < -0.39 is 10.2 Å². The van der Waals surface area contributed by atoms with Crippen molar-refractivity contribution in [2.24, 2.45) is 0 Å². The highest BCUT2D eigenvalue weighted by Crippen LogP contribution is 2.25. The van der Waals surface area contributed by atoms with Crippen molar-refractivity contribution in [3.8, 4) is 0 Å². The van der Waals surface area contributed by atoms with E-state index in [1.165, 1.54) is 18.6 Å². The summed E-state index contributed by atoms with van der Waals surface area (Å²) >= 11 is 1.91. The molecule has 2 aliphatic heterocycles. The molecule has 2 atom stereocenters. The van der Waals surface area contributed by atoms with Crippen LogP contribution in [0.15, 0.2) is 0 Å². The molecular weight excluding hydrogens is 306 g/mol. The first kappa shape index (κ1) is 17.5. The van der Waals surface area contributed by atoms with Crippen molar-refractivity contribution in [2.45, 2.75) is 56.7 Å². The molecule has 0 aliphatic carbocycles. The van der Waals surface area contributed by atoms with E-state index in [0.717, 1.165) is 38.8 Å².